The van der Waals surface area contributed by atoms with E-state index in [0.29, 0.717) is 11.8 Å². The average molecular weight is 256 g/mol. The Bertz CT molecular complexity index is 576. The standard InChI is InChI=1S/C16H16O3/c1-2-13(11-6-4-3-5-7-11)14-9-8-12(10-17)15(18)16(14)19/h3-10,13,18-19H,2H2,1H3. The lowest BCUT2D eigenvalue weighted by atomic mass is 9.88. The maximum atomic E-state index is 10.7. The van der Waals surface area contributed by atoms with E-state index in [0.717, 1.165) is 12.0 Å². The van der Waals surface area contributed by atoms with Crippen LogP contribution >= 0.6 is 0 Å². The van der Waals surface area contributed by atoms with Crippen LogP contribution in [-0.2, 0) is 0 Å². The number of carbonyl (C=O) groups excluding carboxylic acids is 1. The van der Waals surface area contributed by atoms with Gasteiger partial charge in [0.1, 0.15) is 0 Å². The molecule has 2 N–H and O–H groups in total. The molecule has 2 aromatic carbocycles. The van der Waals surface area contributed by atoms with Gasteiger partial charge >= 0.3 is 0 Å². The van der Waals surface area contributed by atoms with Gasteiger partial charge < -0.3 is 10.2 Å². The first-order valence-electron chi connectivity index (χ1n) is 6.24. The number of phenolic OH excluding ortho intramolecular Hbond substituents is 2. The van der Waals surface area contributed by atoms with Crippen LogP contribution in [0.2, 0.25) is 0 Å². The van der Waals surface area contributed by atoms with E-state index in [-0.39, 0.29) is 23.0 Å². The third-order valence-corrected chi connectivity index (χ3v) is 3.33. The molecule has 0 amide bonds. The number of phenols is 2. The first-order chi connectivity index (χ1) is 9.19. The van der Waals surface area contributed by atoms with Gasteiger partial charge in [-0.25, -0.2) is 0 Å². The first kappa shape index (κ1) is 13.1. The molecule has 2 aromatic rings. The SMILES string of the molecule is CCC(c1ccccc1)c1ccc(C=O)c(O)c1O. The molecule has 98 valence electrons. The summed E-state index contributed by atoms with van der Waals surface area (Å²) in [5.41, 5.74) is 1.81. The van der Waals surface area contributed by atoms with Crippen molar-refractivity contribution in [1.29, 1.82) is 0 Å². The normalized spacial score (nSPS) is 12.1. The number of hydrogen-bond donors (Lipinski definition) is 2. The van der Waals surface area contributed by atoms with Crippen LogP contribution in [0.25, 0.3) is 0 Å². The molecule has 0 fully saturated rings. The average Bonchev–Trinajstić information content (AvgIpc) is 2.45. The van der Waals surface area contributed by atoms with Gasteiger partial charge in [-0.15, -0.1) is 0 Å². The second kappa shape index (κ2) is 5.57. The summed E-state index contributed by atoms with van der Waals surface area (Å²) in [4.78, 5) is 10.7. The lowest BCUT2D eigenvalue weighted by Crippen LogP contribution is -2.01. The summed E-state index contributed by atoms with van der Waals surface area (Å²) in [6.07, 6.45) is 1.32. The minimum absolute atomic E-state index is 0.00666. The first-order valence-corrected chi connectivity index (χ1v) is 6.24. The summed E-state index contributed by atoms with van der Waals surface area (Å²) < 4.78 is 0. The highest BCUT2D eigenvalue weighted by atomic mass is 16.3. The van der Waals surface area contributed by atoms with Crippen molar-refractivity contribution in [3.63, 3.8) is 0 Å². The van der Waals surface area contributed by atoms with E-state index in [2.05, 4.69) is 0 Å². The van der Waals surface area contributed by atoms with Gasteiger partial charge in [0.2, 0.25) is 0 Å². The maximum Gasteiger partial charge on any atom is 0.168 e. The van der Waals surface area contributed by atoms with E-state index in [1.807, 2.05) is 37.3 Å². The second-order valence-corrected chi connectivity index (χ2v) is 4.43. The number of aldehydes is 1. The topological polar surface area (TPSA) is 57.5 Å². The summed E-state index contributed by atoms with van der Waals surface area (Å²) >= 11 is 0. The number of hydrogen-bond acceptors (Lipinski definition) is 3. The van der Waals surface area contributed by atoms with Crippen LogP contribution < -0.4 is 0 Å². The Balaban J connectivity index is 2.51. The largest absolute Gasteiger partial charge is 0.504 e. The van der Waals surface area contributed by atoms with Crippen LogP contribution in [-0.4, -0.2) is 16.5 Å². The summed E-state index contributed by atoms with van der Waals surface area (Å²) in [6.45, 7) is 2.02. The van der Waals surface area contributed by atoms with Crippen molar-refractivity contribution in [1.82, 2.24) is 0 Å². The predicted octanol–water partition coefficient (Wildman–Crippen LogP) is 3.45. The third kappa shape index (κ3) is 2.45. The number of benzene rings is 2. The Morgan fingerprint density at radius 1 is 1.05 bits per heavy atom. The molecule has 2 rings (SSSR count). The zero-order chi connectivity index (χ0) is 13.8. The Morgan fingerprint density at radius 3 is 2.32 bits per heavy atom. The van der Waals surface area contributed by atoms with Crippen molar-refractivity contribution in [2.45, 2.75) is 19.3 Å². The zero-order valence-corrected chi connectivity index (χ0v) is 10.7. The van der Waals surface area contributed by atoms with Crippen molar-refractivity contribution in [2.75, 3.05) is 0 Å². The van der Waals surface area contributed by atoms with Gasteiger partial charge in [0.05, 0.1) is 5.56 Å². The summed E-state index contributed by atoms with van der Waals surface area (Å²) in [6, 6.07) is 13.0. The van der Waals surface area contributed by atoms with Crippen molar-refractivity contribution in [2.24, 2.45) is 0 Å². The fourth-order valence-corrected chi connectivity index (χ4v) is 2.31. The quantitative estimate of drug-likeness (QED) is 0.650. The molecule has 0 saturated heterocycles. The third-order valence-electron chi connectivity index (χ3n) is 3.33. The van der Waals surface area contributed by atoms with Crippen molar-refractivity contribution in [3.05, 3.63) is 59.2 Å². The Morgan fingerprint density at radius 2 is 1.74 bits per heavy atom. The number of aromatic hydroxyl groups is 2. The predicted molar refractivity (Wildman–Crippen MR) is 73.7 cm³/mol. The fourth-order valence-electron chi connectivity index (χ4n) is 2.31. The van der Waals surface area contributed by atoms with Crippen LogP contribution in [0.3, 0.4) is 0 Å². The monoisotopic (exact) mass is 256 g/mol. The molecular formula is C16H16O3. The van der Waals surface area contributed by atoms with Gasteiger partial charge in [-0.1, -0.05) is 43.3 Å². The van der Waals surface area contributed by atoms with E-state index < -0.39 is 0 Å². The summed E-state index contributed by atoms with van der Waals surface area (Å²) in [5, 5.41) is 19.9. The molecule has 1 unspecified atom stereocenters. The van der Waals surface area contributed by atoms with E-state index in [9.17, 15) is 15.0 Å². The Kier molecular flexibility index (Phi) is 3.85. The highest BCUT2D eigenvalue weighted by Gasteiger charge is 2.19. The molecule has 0 aliphatic heterocycles. The minimum atomic E-state index is -0.345. The van der Waals surface area contributed by atoms with Gasteiger partial charge in [-0.2, -0.15) is 0 Å². The zero-order valence-electron chi connectivity index (χ0n) is 10.7. The second-order valence-electron chi connectivity index (χ2n) is 4.43. The van der Waals surface area contributed by atoms with Crippen LogP contribution in [0.4, 0.5) is 0 Å². The fraction of sp³-hybridized carbons (Fsp3) is 0.188. The Hall–Kier alpha value is -2.29. The summed E-state index contributed by atoms with van der Waals surface area (Å²) in [7, 11) is 0. The van der Waals surface area contributed by atoms with Crippen molar-refractivity contribution >= 4 is 6.29 Å². The molecule has 0 heterocycles. The highest BCUT2D eigenvalue weighted by Crippen LogP contribution is 2.39. The summed E-state index contributed by atoms with van der Waals surface area (Å²) in [5.74, 6) is -0.560. The molecule has 0 aliphatic rings. The number of carbonyl (C=O) groups is 1. The van der Waals surface area contributed by atoms with Gasteiger partial charge in [0.15, 0.2) is 17.8 Å². The van der Waals surface area contributed by atoms with Crippen LogP contribution in [0.1, 0.15) is 40.7 Å². The number of rotatable bonds is 4. The van der Waals surface area contributed by atoms with Gasteiger partial charge in [0.25, 0.3) is 0 Å². The van der Waals surface area contributed by atoms with Crippen LogP contribution in [0.5, 0.6) is 11.5 Å². The van der Waals surface area contributed by atoms with E-state index >= 15 is 0 Å². The molecule has 0 bridgehead atoms. The lowest BCUT2D eigenvalue weighted by molar-refractivity contribution is 0.112. The maximum absolute atomic E-state index is 10.7. The molecule has 0 radical (unpaired) electrons. The van der Waals surface area contributed by atoms with Crippen LogP contribution in [0.15, 0.2) is 42.5 Å². The molecular weight excluding hydrogens is 240 g/mol. The van der Waals surface area contributed by atoms with Gasteiger partial charge in [-0.05, 0) is 18.1 Å². The van der Waals surface area contributed by atoms with Gasteiger partial charge in [-0.3, -0.25) is 4.79 Å². The molecule has 0 saturated carbocycles. The van der Waals surface area contributed by atoms with E-state index in [4.69, 9.17) is 0 Å². The molecule has 3 heteroatoms. The Labute approximate surface area is 112 Å². The van der Waals surface area contributed by atoms with Crippen molar-refractivity contribution < 1.29 is 15.0 Å². The lowest BCUT2D eigenvalue weighted by Gasteiger charge is -2.18. The smallest absolute Gasteiger partial charge is 0.168 e. The van der Waals surface area contributed by atoms with Gasteiger partial charge in [0, 0.05) is 11.5 Å². The highest BCUT2D eigenvalue weighted by molar-refractivity contribution is 5.81. The van der Waals surface area contributed by atoms with Crippen molar-refractivity contribution in [3.8, 4) is 11.5 Å². The minimum Gasteiger partial charge on any atom is -0.504 e. The molecule has 19 heavy (non-hydrogen) atoms. The molecule has 0 spiro atoms. The molecule has 1 atom stereocenters. The van der Waals surface area contributed by atoms with E-state index in [1.54, 1.807) is 6.07 Å². The molecule has 0 aliphatic carbocycles. The van der Waals surface area contributed by atoms with Crippen LogP contribution in [0, 0.1) is 0 Å². The molecule has 3 nitrogen and oxygen atoms in total. The molecule has 0 aromatic heterocycles. The van der Waals surface area contributed by atoms with E-state index in [1.165, 1.54) is 6.07 Å².